The van der Waals surface area contributed by atoms with Crippen LogP contribution in [0.25, 0.3) is 0 Å². The molecule has 2 atom stereocenters. The Bertz CT molecular complexity index is 1120. The summed E-state index contributed by atoms with van der Waals surface area (Å²) in [6, 6.07) is 4.83. The molecule has 0 unspecified atom stereocenters. The van der Waals surface area contributed by atoms with Crippen molar-refractivity contribution in [2.75, 3.05) is 40.2 Å². The summed E-state index contributed by atoms with van der Waals surface area (Å²) in [7, 11) is 6.66. The molecule has 0 saturated heterocycles. The van der Waals surface area contributed by atoms with E-state index in [4.69, 9.17) is 14.2 Å². The van der Waals surface area contributed by atoms with Gasteiger partial charge in [-0.1, -0.05) is 0 Å². The molecule has 3 N–H and O–H groups in total. The highest BCUT2D eigenvalue weighted by Crippen LogP contribution is 2.36. The van der Waals surface area contributed by atoms with Gasteiger partial charge in [0.15, 0.2) is 12.4 Å². The number of phenols is 1. The summed E-state index contributed by atoms with van der Waals surface area (Å²) < 4.78 is 16.5. The number of nitrogens with one attached hydrogen (secondary N) is 2. The summed E-state index contributed by atoms with van der Waals surface area (Å²) in [5.74, 6) is 0.680. The molecule has 0 spiro atoms. The zero-order valence-corrected chi connectivity index (χ0v) is 22.1. The van der Waals surface area contributed by atoms with Gasteiger partial charge < -0.3 is 24.6 Å². The lowest BCUT2D eigenvalue weighted by molar-refractivity contribution is -0.118. The maximum absolute atomic E-state index is 12.5. The molecule has 12 heteroatoms. The number of phenolic OH excluding ortho intramolecular Hbond substituents is 1. The number of aromatic nitrogens is 2. The van der Waals surface area contributed by atoms with Crippen molar-refractivity contribution in [3.8, 4) is 17.2 Å². The molecular formula is C25H36N6O6. The smallest absolute Gasteiger partial charge is 0.424 e. The largest absolute Gasteiger partial charge is 0.507 e. The monoisotopic (exact) mass is 516 g/mol. The topological polar surface area (TPSA) is 142 Å². The van der Waals surface area contributed by atoms with Gasteiger partial charge in [-0.25, -0.2) is 14.8 Å². The SMILES string of the molecule is COc1cc(O)c(/C=N/C(C)C)c(OCC(=O)Nc2cc([C@H]3CC[C@@H](OC(=O)N(C)N(C)C)C3)[nH]n2)c1. The van der Waals surface area contributed by atoms with Crippen LogP contribution in [0.4, 0.5) is 10.6 Å². The van der Waals surface area contributed by atoms with Crippen LogP contribution in [0.5, 0.6) is 17.2 Å². The Labute approximate surface area is 216 Å². The molecular weight excluding hydrogens is 480 g/mol. The molecule has 2 amide bonds. The average molecular weight is 517 g/mol. The van der Waals surface area contributed by atoms with Crippen molar-refractivity contribution < 1.29 is 28.9 Å². The van der Waals surface area contributed by atoms with Gasteiger partial charge in [0, 0.05) is 63.2 Å². The highest BCUT2D eigenvalue weighted by Gasteiger charge is 2.31. The fourth-order valence-corrected chi connectivity index (χ4v) is 3.82. The summed E-state index contributed by atoms with van der Waals surface area (Å²) in [5.41, 5.74) is 1.22. The van der Waals surface area contributed by atoms with Crippen molar-refractivity contribution in [3.05, 3.63) is 29.5 Å². The number of carbonyl (C=O) groups excluding carboxylic acids is 2. The lowest BCUT2D eigenvalue weighted by Crippen LogP contribution is -2.40. The van der Waals surface area contributed by atoms with Crippen molar-refractivity contribution in [2.45, 2.75) is 51.2 Å². The van der Waals surface area contributed by atoms with E-state index in [9.17, 15) is 14.7 Å². The second kappa shape index (κ2) is 12.4. The maximum Gasteiger partial charge on any atom is 0.424 e. The molecule has 3 rings (SSSR count). The number of amides is 2. The Kier molecular flexibility index (Phi) is 9.34. The van der Waals surface area contributed by atoms with Gasteiger partial charge >= 0.3 is 6.09 Å². The van der Waals surface area contributed by atoms with Crippen molar-refractivity contribution in [1.82, 2.24) is 20.2 Å². The Morgan fingerprint density at radius 1 is 1.27 bits per heavy atom. The molecule has 1 aromatic carbocycles. The van der Waals surface area contributed by atoms with E-state index in [1.807, 2.05) is 13.8 Å². The van der Waals surface area contributed by atoms with Crippen LogP contribution in [-0.4, -0.2) is 90.5 Å². The number of hydrazine groups is 1. The highest BCUT2D eigenvalue weighted by molar-refractivity contribution is 5.92. The minimum Gasteiger partial charge on any atom is -0.507 e. The number of carbonyl (C=O) groups is 2. The number of methoxy groups -OCH3 is 1. The predicted molar refractivity (Wildman–Crippen MR) is 138 cm³/mol. The van der Waals surface area contributed by atoms with Gasteiger partial charge in [-0.2, -0.15) is 5.10 Å². The van der Waals surface area contributed by atoms with Gasteiger partial charge in [-0.15, -0.1) is 0 Å². The first-order chi connectivity index (χ1) is 17.6. The number of aromatic hydroxyl groups is 1. The van der Waals surface area contributed by atoms with Gasteiger partial charge in [0.1, 0.15) is 23.4 Å². The number of H-pyrrole nitrogens is 1. The number of nitrogens with zero attached hydrogens (tertiary/aromatic N) is 4. The third kappa shape index (κ3) is 7.59. The Morgan fingerprint density at radius 2 is 2.03 bits per heavy atom. The minimum absolute atomic E-state index is 0.0214. The first kappa shape index (κ1) is 27.8. The molecule has 1 aliphatic rings. The molecule has 12 nitrogen and oxygen atoms in total. The normalized spacial score (nSPS) is 17.4. The molecule has 202 valence electrons. The highest BCUT2D eigenvalue weighted by atomic mass is 16.6. The molecule has 37 heavy (non-hydrogen) atoms. The van der Waals surface area contributed by atoms with Crippen molar-refractivity contribution in [2.24, 2.45) is 4.99 Å². The fraction of sp³-hybridized carbons (Fsp3) is 0.520. The molecule has 2 aromatic rings. The van der Waals surface area contributed by atoms with Crippen molar-refractivity contribution in [3.63, 3.8) is 0 Å². The molecule has 1 saturated carbocycles. The summed E-state index contributed by atoms with van der Waals surface area (Å²) in [5, 5.41) is 23.3. The standard InChI is InChI=1S/C25H36N6O6/c1-15(2)26-13-19-21(32)10-18(35-6)11-22(19)36-14-24(33)27-23-12-20(28-29-23)16-7-8-17(9-16)37-25(34)31(5)30(3)4/h10-13,15-17,32H,7-9,14H2,1-6H3,(H2,27,28,29,33)/b26-13+/t16-,17+/m0/s1. The van der Waals surface area contributed by atoms with Crippen LogP contribution in [-0.2, 0) is 9.53 Å². The predicted octanol–water partition coefficient (Wildman–Crippen LogP) is 3.15. The van der Waals surface area contributed by atoms with Gasteiger partial charge in [-0.05, 0) is 33.1 Å². The molecule has 0 aliphatic heterocycles. The zero-order chi connectivity index (χ0) is 27.1. The van der Waals surface area contributed by atoms with E-state index < -0.39 is 12.0 Å². The van der Waals surface area contributed by atoms with Crippen LogP contribution in [0.3, 0.4) is 0 Å². The first-order valence-electron chi connectivity index (χ1n) is 12.1. The first-order valence-corrected chi connectivity index (χ1v) is 12.1. The van der Waals surface area contributed by atoms with Gasteiger partial charge in [0.25, 0.3) is 5.91 Å². The average Bonchev–Trinajstić information content (AvgIpc) is 3.50. The minimum atomic E-state index is -0.419. The summed E-state index contributed by atoms with van der Waals surface area (Å²) in [6.07, 6.45) is 3.20. The molecule has 0 radical (unpaired) electrons. The summed E-state index contributed by atoms with van der Waals surface area (Å²) >= 11 is 0. The number of aliphatic imine (C=N–C) groups is 1. The molecule has 0 bridgehead atoms. The number of benzene rings is 1. The van der Waals surface area contributed by atoms with E-state index in [1.54, 1.807) is 38.3 Å². The number of anilines is 1. The third-order valence-corrected chi connectivity index (χ3v) is 6.01. The molecule has 1 heterocycles. The van der Waals surface area contributed by atoms with Crippen LogP contribution in [0, 0.1) is 0 Å². The second-order valence-electron chi connectivity index (χ2n) is 9.36. The summed E-state index contributed by atoms with van der Waals surface area (Å²) in [4.78, 5) is 29.0. The van der Waals surface area contributed by atoms with E-state index in [-0.39, 0.29) is 36.2 Å². The van der Waals surface area contributed by atoms with E-state index in [1.165, 1.54) is 24.4 Å². The maximum atomic E-state index is 12.5. The van der Waals surface area contributed by atoms with Crippen molar-refractivity contribution >= 4 is 24.0 Å². The number of aromatic amines is 1. The van der Waals surface area contributed by atoms with E-state index in [0.29, 0.717) is 23.6 Å². The Hall–Kier alpha value is -3.80. The van der Waals surface area contributed by atoms with Crippen LogP contribution in [0.15, 0.2) is 23.2 Å². The number of ether oxygens (including phenoxy) is 3. The van der Waals surface area contributed by atoms with Gasteiger partial charge in [0.05, 0.1) is 12.7 Å². The van der Waals surface area contributed by atoms with E-state index >= 15 is 0 Å². The zero-order valence-electron chi connectivity index (χ0n) is 22.1. The van der Waals surface area contributed by atoms with E-state index in [0.717, 1.165) is 18.5 Å². The van der Waals surface area contributed by atoms with Crippen LogP contribution in [0.2, 0.25) is 0 Å². The Morgan fingerprint density at radius 3 is 2.70 bits per heavy atom. The third-order valence-electron chi connectivity index (χ3n) is 6.01. The lowest BCUT2D eigenvalue weighted by atomic mass is 10.0. The van der Waals surface area contributed by atoms with Crippen molar-refractivity contribution in [1.29, 1.82) is 0 Å². The van der Waals surface area contributed by atoms with Crippen LogP contribution < -0.4 is 14.8 Å². The molecule has 1 aromatic heterocycles. The van der Waals surface area contributed by atoms with Gasteiger partial charge in [0.2, 0.25) is 0 Å². The van der Waals surface area contributed by atoms with Crippen LogP contribution >= 0.6 is 0 Å². The fourth-order valence-electron chi connectivity index (χ4n) is 3.82. The number of hydrogen-bond acceptors (Lipinski definition) is 9. The second-order valence-corrected chi connectivity index (χ2v) is 9.36. The Balaban J connectivity index is 1.56. The quantitative estimate of drug-likeness (QED) is 0.323. The number of rotatable bonds is 10. The lowest BCUT2D eigenvalue weighted by Gasteiger charge is -2.25. The van der Waals surface area contributed by atoms with E-state index in [2.05, 4.69) is 20.5 Å². The number of hydrogen-bond donors (Lipinski definition) is 3. The molecule has 1 fully saturated rings. The van der Waals surface area contributed by atoms with Crippen LogP contribution in [0.1, 0.15) is 50.3 Å². The van der Waals surface area contributed by atoms with Gasteiger partial charge in [-0.3, -0.25) is 14.9 Å². The molecule has 1 aliphatic carbocycles. The summed E-state index contributed by atoms with van der Waals surface area (Å²) in [6.45, 7) is 3.51.